The Morgan fingerprint density at radius 2 is 1.74 bits per heavy atom. The van der Waals surface area contributed by atoms with E-state index in [2.05, 4.69) is 5.32 Å². The maximum atomic E-state index is 13.7. The summed E-state index contributed by atoms with van der Waals surface area (Å²) in [5.74, 6) is 0.138. The number of carbonyl (C=O) groups excluding carboxylic acids is 2. The first kappa shape index (κ1) is 28.0. The number of para-hydroxylation sites is 2. The van der Waals surface area contributed by atoms with Crippen molar-refractivity contribution in [3.8, 4) is 11.5 Å². The van der Waals surface area contributed by atoms with Crippen LogP contribution in [0.3, 0.4) is 0 Å². The summed E-state index contributed by atoms with van der Waals surface area (Å²) in [7, 11) is -0.864. The summed E-state index contributed by atoms with van der Waals surface area (Å²) in [4.78, 5) is 28.1. The lowest BCUT2D eigenvalue weighted by Gasteiger charge is -2.33. The Morgan fingerprint density at radius 1 is 1.03 bits per heavy atom. The van der Waals surface area contributed by atoms with E-state index in [4.69, 9.17) is 9.47 Å². The Balaban J connectivity index is 2.47. The third-order valence-electron chi connectivity index (χ3n) is 5.46. The molecule has 1 N–H and O–H groups in total. The van der Waals surface area contributed by atoms with Crippen molar-refractivity contribution in [2.24, 2.45) is 0 Å². The second kappa shape index (κ2) is 13.0. The summed E-state index contributed by atoms with van der Waals surface area (Å²) >= 11 is 0. The molecule has 1 atom stereocenters. The van der Waals surface area contributed by atoms with Gasteiger partial charge in [0.05, 0.1) is 26.2 Å². The normalized spacial score (nSPS) is 11.9. The molecule has 0 saturated carbocycles. The van der Waals surface area contributed by atoms with E-state index in [-0.39, 0.29) is 18.1 Å². The van der Waals surface area contributed by atoms with Crippen molar-refractivity contribution in [3.63, 3.8) is 0 Å². The molecular formula is C25H35N3O6S. The number of nitrogens with zero attached hydrogens (tertiary/aromatic N) is 2. The summed E-state index contributed by atoms with van der Waals surface area (Å²) < 4.78 is 37.1. The van der Waals surface area contributed by atoms with Gasteiger partial charge in [-0.15, -0.1) is 0 Å². The van der Waals surface area contributed by atoms with Crippen molar-refractivity contribution >= 4 is 27.5 Å². The fraction of sp³-hybridized carbons (Fsp3) is 0.440. The highest BCUT2D eigenvalue weighted by Crippen LogP contribution is 2.30. The molecule has 0 aliphatic heterocycles. The van der Waals surface area contributed by atoms with Crippen LogP contribution >= 0.6 is 0 Å². The molecule has 0 fully saturated rings. The molecule has 0 aliphatic carbocycles. The number of methoxy groups -OCH3 is 2. The van der Waals surface area contributed by atoms with Gasteiger partial charge in [0.1, 0.15) is 24.1 Å². The van der Waals surface area contributed by atoms with Crippen LogP contribution in [0.5, 0.6) is 11.5 Å². The van der Waals surface area contributed by atoms with Gasteiger partial charge < -0.3 is 19.7 Å². The Morgan fingerprint density at radius 3 is 2.34 bits per heavy atom. The highest BCUT2D eigenvalue weighted by atomic mass is 32.2. The van der Waals surface area contributed by atoms with E-state index in [1.54, 1.807) is 49.6 Å². The number of amides is 2. The quantitative estimate of drug-likeness (QED) is 0.449. The van der Waals surface area contributed by atoms with Crippen LogP contribution in [0, 0.1) is 0 Å². The van der Waals surface area contributed by atoms with E-state index in [1.807, 2.05) is 19.9 Å². The predicted molar refractivity (Wildman–Crippen MR) is 136 cm³/mol. The molecule has 2 aromatic carbocycles. The first-order valence-electron chi connectivity index (χ1n) is 11.5. The molecule has 0 bridgehead atoms. The standard InChI is InChI=1S/C25H35N3O6S/c1-6-15-26-25(30)21(7-2)27(17-19-11-10-12-20(16-19)33-3)24(29)18-28(35(5,31)32)22-13-8-9-14-23(22)34-4/h8-14,16,21H,6-7,15,17-18H2,1-5H3,(H,26,30)/t21-/m1/s1. The van der Waals surface area contributed by atoms with Gasteiger partial charge in [-0.05, 0) is 42.7 Å². The monoisotopic (exact) mass is 505 g/mol. The Kier molecular flexibility index (Phi) is 10.4. The molecule has 192 valence electrons. The second-order valence-corrected chi connectivity index (χ2v) is 9.94. The molecule has 2 amide bonds. The van der Waals surface area contributed by atoms with Crippen LogP contribution in [0.15, 0.2) is 48.5 Å². The number of hydrogen-bond donors (Lipinski definition) is 1. The molecule has 0 spiro atoms. The van der Waals surface area contributed by atoms with Gasteiger partial charge in [-0.3, -0.25) is 13.9 Å². The van der Waals surface area contributed by atoms with Crippen LogP contribution in [-0.2, 0) is 26.2 Å². The van der Waals surface area contributed by atoms with E-state index in [1.165, 1.54) is 12.0 Å². The van der Waals surface area contributed by atoms with Crippen LogP contribution in [0.25, 0.3) is 0 Å². The largest absolute Gasteiger partial charge is 0.497 e. The van der Waals surface area contributed by atoms with Crippen molar-refractivity contribution in [2.75, 3.05) is 37.9 Å². The number of benzene rings is 2. The van der Waals surface area contributed by atoms with Crippen molar-refractivity contribution in [1.29, 1.82) is 0 Å². The van der Waals surface area contributed by atoms with Crippen LogP contribution in [0.1, 0.15) is 32.3 Å². The summed E-state index contributed by atoms with van der Waals surface area (Å²) in [6.07, 6.45) is 2.14. The van der Waals surface area contributed by atoms with E-state index < -0.39 is 28.5 Å². The average Bonchev–Trinajstić information content (AvgIpc) is 2.85. The number of hydrogen-bond acceptors (Lipinski definition) is 6. The minimum Gasteiger partial charge on any atom is -0.497 e. The number of anilines is 1. The summed E-state index contributed by atoms with van der Waals surface area (Å²) in [5, 5.41) is 2.85. The van der Waals surface area contributed by atoms with Gasteiger partial charge in [0, 0.05) is 13.1 Å². The molecule has 0 saturated heterocycles. The Labute approximate surface area is 208 Å². The molecule has 2 aromatic rings. The minimum absolute atomic E-state index is 0.109. The van der Waals surface area contributed by atoms with E-state index in [0.717, 1.165) is 22.5 Å². The van der Waals surface area contributed by atoms with Crippen LogP contribution in [0.2, 0.25) is 0 Å². The molecule has 0 aliphatic rings. The third-order valence-corrected chi connectivity index (χ3v) is 6.58. The number of ether oxygens (including phenoxy) is 2. The van der Waals surface area contributed by atoms with Gasteiger partial charge in [-0.25, -0.2) is 8.42 Å². The zero-order chi connectivity index (χ0) is 26.0. The van der Waals surface area contributed by atoms with E-state index in [9.17, 15) is 18.0 Å². The van der Waals surface area contributed by atoms with Gasteiger partial charge in [-0.1, -0.05) is 38.1 Å². The lowest BCUT2D eigenvalue weighted by molar-refractivity contribution is -0.140. The van der Waals surface area contributed by atoms with Crippen LogP contribution in [0.4, 0.5) is 5.69 Å². The van der Waals surface area contributed by atoms with Gasteiger partial charge in [-0.2, -0.15) is 0 Å². The highest BCUT2D eigenvalue weighted by Gasteiger charge is 2.32. The zero-order valence-electron chi connectivity index (χ0n) is 21.0. The zero-order valence-corrected chi connectivity index (χ0v) is 21.8. The molecular weight excluding hydrogens is 470 g/mol. The molecule has 10 heteroatoms. The number of carbonyl (C=O) groups is 2. The Hall–Kier alpha value is -3.27. The molecule has 0 radical (unpaired) electrons. The molecule has 0 aromatic heterocycles. The number of nitrogens with one attached hydrogen (secondary N) is 1. The van der Waals surface area contributed by atoms with Gasteiger partial charge in [0.15, 0.2) is 0 Å². The maximum absolute atomic E-state index is 13.7. The van der Waals surface area contributed by atoms with Gasteiger partial charge >= 0.3 is 0 Å². The first-order chi connectivity index (χ1) is 16.7. The molecule has 35 heavy (non-hydrogen) atoms. The van der Waals surface area contributed by atoms with Gasteiger partial charge in [0.25, 0.3) is 0 Å². The smallest absolute Gasteiger partial charge is 0.244 e. The SMILES string of the molecule is CCCNC(=O)[C@@H](CC)N(Cc1cccc(OC)c1)C(=O)CN(c1ccccc1OC)S(C)(=O)=O. The third kappa shape index (κ3) is 7.61. The Bertz CT molecular complexity index is 1110. The van der Waals surface area contributed by atoms with Crippen molar-refractivity contribution in [3.05, 3.63) is 54.1 Å². The molecule has 2 rings (SSSR count). The van der Waals surface area contributed by atoms with Crippen molar-refractivity contribution in [1.82, 2.24) is 10.2 Å². The maximum Gasteiger partial charge on any atom is 0.244 e. The second-order valence-electron chi connectivity index (χ2n) is 8.03. The van der Waals surface area contributed by atoms with Crippen LogP contribution in [-0.4, -0.2) is 64.7 Å². The minimum atomic E-state index is -3.84. The molecule has 0 unspecified atom stereocenters. The number of rotatable bonds is 13. The fourth-order valence-electron chi connectivity index (χ4n) is 3.68. The van der Waals surface area contributed by atoms with Crippen molar-refractivity contribution < 1.29 is 27.5 Å². The lowest BCUT2D eigenvalue weighted by atomic mass is 10.1. The average molecular weight is 506 g/mol. The van der Waals surface area contributed by atoms with Crippen molar-refractivity contribution in [2.45, 2.75) is 39.3 Å². The highest BCUT2D eigenvalue weighted by molar-refractivity contribution is 7.92. The number of sulfonamides is 1. The predicted octanol–water partition coefficient (Wildman–Crippen LogP) is 2.80. The van der Waals surface area contributed by atoms with E-state index >= 15 is 0 Å². The van der Waals surface area contributed by atoms with Crippen LogP contribution < -0.4 is 19.1 Å². The van der Waals surface area contributed by atoms with E-state index in [0.29, 0.717) is 24.5 Å². The topological polar surface area (TPSA) is 105 Å². The molecule has 9 nitrogen and oxygen atoms in total. The fourth-order valence-corrected chi connectivity index (χ4v) is 4.54. The summed E-state index contributed by atoms with van der Waals surface area (Å²) in [5.41, 5.74) is 0.998. The summed E-state index contributed by atoms with van der Waals surface area (Å²) in [6.45, 7) is 3.86. The van der Waals surface area contributed by atoms with Gasteiger partial charge in [0.2, 0.25) is 21.8 Å². The summed E-state index contributed by atoms with van der Waals surface area (Å²) in [6, 6.07) is 13.0. The lowest BCUT2D eigenvalue weighted by Crippen LogP contribution is -2.52. The first-order valence-corrected chi connectivity index (χ1v) is 13.3. The molecule has 0 heterocycles.